The van der Waals surface area contributed by atoms with Crippen molar-refractivity contribution in [1.29, 1.82) is 0 Å². The lowest BCUT2D eigenvalue weighted by Crippen LogP contribution is -2.29. The zero-order valence-corrected chi connectivity index (χ0v) is 13.6. The average Bonchev–Trinajstić information content (AvgIpc) is 2.52. The number of carbonyl (C=O) groups is 2. The van der Waals surface area contributed by atoms with Gasteiger partial charge in [-0.2, -0.15) is 0 Å². The van der Waals surface area contributed by atoms with Gasteiger partial charge in [-0.25, -0.2) is 0 Å². The molecule has 0 aliphatic carbocycles. The zero-order valence-electron chi connectivity index (χ0n) is 12.9. The number of hydrogen-bond acceptors (Lipinski definition) is 2. The van der Waals surface area contributed by atoms with Crippen molar-refractivity contribution < 1.29 is 9.59 Å². The summed E-state index contributed by atoms with van der Waals surface area (Å²) in [7, 11) is 0. The molecule has 0 saturated carbocycles. The highest BCUT2D eigenvalue weighted by Gasteiger charge is 2.13. The summed E-state index contributed by atoms with van der Waals surface area (Å²) >= 11 is 6.06. The van der Waals surface area contributed by atoms with Crippen LogP contribution < -0.4 is 10.6 Å². The lowest BCUT2D eigenvalue weighted by Gasteiger charge is -2.12. The van der Waals surface area contributed by atoms with E-state index in [0.29, 0.717) is 10.7 Å². The fraction of sp³-hybridized carbons (Fsp3) is 0.111. The number of carbonyl (C=O) groups excluding carboxylic acids is 2. The van der Waals surface area contributed by atoms with Crippen LogP contribution >= 0.6 is 11.6 Å². The highest BCUT2D eigenvalue weighted by molar-refractivity contribution is 6.31. The molecule has 2 amide bonds. The predicted molar refractivity (Wildman–Crippen MR) is 93.1 cm³/mol. The molecule has 5 heteroatoms. The van der Waals surface area contributed by atoms with E-state index in [0.717, 1.165) is 11.1 Å². The minimum Gasteiger partial charge on any atom is -0.322 e. The van der Waals surface area contributed by atoms with E-state index in [1.807, 2.05) is 37.3 Å². The Hall–Kier alpha value is -2.59. The Morgan fingerprint density at radius 1 is 1.04 bits per heavy atom. The van der Waals surface area contributed by atoms with E-state index in [2.05, 4.69) is 10.6 Å². The van der Waals surface area contributed by atoms with Gasteiger partial charge >= 0.3 is 0 Å². The number of rotatable bonds is 4. The summed E-state index contributed by atoms with van der Waals surface area (Å²) in [6, 6.07) is 14.6. The summed E-state index contributed by atoms with van der Waals surface area (Å²) < 4.78 is 0. The second kappa shape index (κ2) is 7.61. The lowest BCUT2D eigenvalue weighted by atomic mass is 10.1. The van der Waals surface area contributed by atoms with Gasteiger partial charge in [-0.05, 0) is 36.3 Å². The summed E-state index contributed by atoms with van der Waals surface area (Å²) in [4.78, 5) is 23.8. The molecule has 2 aromatic carbocycles. The highest BCUT2D eigenvalue weighted by Crippen LogP contribution is 2.23. The van der Waals surface area contributed by atoms with Crippen LogP contribution in [0.2, 0.25) is 5.02 Å². The smallest absolute Gasteiger partial charge is 0.272 e. The number of anilines is 1. The first-order valence-electron chi connectivity index (χ1n) is 7.08. The minimum absolute atomic E-state index is 0.170. The van der Waals surface area contributed by atoms with Crippen LogP contribution in [0.5, 0.6) is 0 Å². The minimum atomic E-state index is -0.408. The quantitative estimate of drug-likeness (QED) is 0.839. The third kappa shape index (κ3) is 4.69. The summed E-state index contributed by atoms with van der Waals surface area (Å²) in [5, 5.41) is 5.90. The normalized spacial score (nSPS) is 11.0. The molecule has 4 nitrogen and oxygen atoms in total. The van der Waals surface area contributed by atoms with Gasteiger partial charge in [0.1, 0.15) is 5.70 Å². The molecule has 0 saturated heterocycles. The van der Waals surface area contributed by atoms with Crippen LogP contribution in [0.15, 0.2) is 54.2 Å². The third-order valence-electron chi connectivity index (χ3n) is 3.18. The molecule has 2 aromatic rings. The number of halogens is 1. The van der Waals surface area contributed by atoms with Crippen molar-refractivity contribution in [3.8, 4) is 0 Å². The number of nitrogens with one attached hydrogen (secondary N) is 2. The fourth-order valence-corrected chi connectivity index (χ4v) is 2.17. The summed E-state index contributed by atoms with van der Waals surface area (Å²) in [6.45, 7) is 3.17. The van der Waals surface area contributed by atoms with E-state index in [4.69, 9.17) is 11.6 Å². The molecule has 0 unspecified atom stereocenters. The molecule has 118 valence electrons. The maximum Gasteiger partial charge on any atom is 0.272 e. The van der Waals surface area contributed by atoms with Crippen LogP contribution in [0.3, 0.4) is 0 Å². The summed E-state index contributed by atoms with van der Waals surface area (Å²) in [5.41, 5.74) is 2.36. The van der Waals surface area contributed by atoms with Gasteiger partial charge < -0.3 is 10.6 Å². The van der Waals surface area contributed by atoms with Crippen LogP contribution in [0.4, 0.5) is 5.69 Å². The van der Waals surface area contributed by atoms with Gasteiger partial charge in [-0.15, -0.1) is 0 Å². The zero-order chi connectivity index (χ0) is 16.8. The van der Waals surface area contributed by atoms with Gasteiger partial charge in [0.2, 0.25) is 5.91 Å². The van der Waals surface area contributed by atoms with Crippen molar-refractivity contribution in [1.82, 2.24) is 5.32 Å². The van der Waals surface area contributed by atoms with Gasteiger partial charge in [0.25, 0.3) is 5.91 Å². The second-order valence-corrected chi connectivity index (χ2v) is 5.42. The first kappa shape index (κ1) is 16.8. The molecule has 23 heavy (non-hydrogen) atoms. The van der Waals surface area contributed by atoms with Crippen molar-refractivity contribution in [2.75, 3.05) is 5.32 Å². The maximum absolute atomic E-state index is 12.5. The fourth-order valence-electron chi connectivity index (χ4n) is 2.00. The summed E-state index contributed by atoms with van der Waals surface area (Å²) in [6.07, 6.45) is 1.62. The SMILES string of the molecule is CC(=O)N/C(=C/c1ccccc1)C(=O)Nc1cccc(Cl)c1C. The van der Waals surface area contributed by atoms with Crippen LogP contribution in [-0.2, 0) is 9.59 Å². The van der Waals surface area contributed by atoms with Crippen molar-refractivity contribution in [2.45, 2.75) is 13.8 Å². The first-order chi connectivity index (χ1) is 11.0. The Kier molecular flexibility index (Phi) is 5.55. The first-order valence-corrected chi connectivity index (χ1v) is 7.46. The average molecular weight is 329 g/mol. The number of benzene rings is 2. The molecular weight excluding hydrogens is 312 g/mol. The second-order valence-electron chi connectivity index (χ2n) is 5.02. The Labute approximate surface area is 140 Å². The number of amides is 2. The van der Waals surface area contributed by atoms with E-state index in [1.165, 1.54) is 6.92 Å². The number of hydrogen-bond donors (Lipinski definition) is 2. The molecule has 0 fully saturated rings. The van der Waals surface area contributed by atoms with Crippen molar-refractivity contribution in [3.63, 3.8) is 0 Å². The Balaban J connectivity index is 2.28. The molecule has 0 radical (unpaired) electrons. The molecule has 0 aromatic heterocycles. The van der Waals surface area contributed by atoms with Gasteiger partial charge in [-0.1, -0.05) is 48.0 Å². The van der Waals surface area contributed by atoms with Crippen LogP contribution in [0, 0.1) is 6.92 Å². The van der Waals surface area contributed by atoms with Gasteiger partial charge in [0.05, 0.1) is 0 Å². The molecule has 2 N–H and O–H groups in total. The monoisotopic (exact) mass is 328 g/mol. The van der Waals surface area contributed by atoms with Crippen LogP contribution in [0.25, 0.3) is 6.08 Å². The molecular formula is C18H17ClN2O2. The van der Waals surface area contributed by atoms with Gasteiger partial charge in [0.15, 0.2) is 0 Å². The molecule has 0 aliphatic rings. The largest absolute Gasteiger partial charge is 0.322 e. The van der Waals surface area contributed by atoms with E-state index >= 15 is 0 Å². The Bertz CT molecular complexity index is 755. The molecule has 0 aliphatic heterocycles. The predicted octanol–water partition coefficient (Wildman–Crippen LogP) is 3.76. The summed E-state index contributed by atoms with van der Waals surface area (Å²) in [5.74, 6) is -0.723. The van der Waals surface area contributed by atoms with Gasteiger partial charge in [-0.3, -0.25) is 9.59 Å². The van der Waals surface area contributed by atoms with Crippen LogP contribution in [-0.4, -0.2) is 11.8 Å². The van der Waals surface area contributed by atoms with E-state index in [-0.39, 0.29) is 11.6 Å². The van der Waals surface area contributed by atoms with E-state index in [9.17, 15) is 9.59 Å². The molecule has 0 heterocycles. The van der Waals surface area contributed by atoms with Gasteiger partial charge in [0, 0.05) is 17.6 Å². The standard InChI is InChI=1S/C18H17ClN2O2/c1-12-15(19)9-6-10-16(12)21-18(23)17(20-13(2)22)11-14-7-4-3-5-8-14/h3-11H,1-2H3,(H,20,22)(H,21,23)/b17-11+. The van der Waals surface area contributed by atoms with E-state index in [1.54, 1.807) is 24.3 Å². The molecule has 0 spiro atoms. The van der Waals surface area contributed by atoms with Crippen molar-refractivity contribution >= 4 is 35.2 Å². The van der Waals surface area contributed by atoms with E-state index < -0.39 is 5.91 Å². The highest BCUT2D eigenvalue weighted by atomic mass is 35.5. The van der Waals surface area contributed by atoms with Crippen LogP contribution in [0.1, 0.15) is 18.1 Å². The maximum atomic E-state index is 12.5. The molecule has 0 bridgehead atoms. The lowest BCUT2D eigenvalue weighted by molar-refractivity contribution is -0.120. The third-order valence-corrected chi connectivity index (χ3v) is 3.59. The topological polar surface area (TPSA) is 58.2 Å². The Morgan fingerprint density at radius 3 is 2.39 bits per heavy atom. The van der Waals surface area contributed by atoms with Crippen molar-refractivity contribution in [3.05, 3.63) is 70.4 Å². The van der Waals surface area contributed by atoms with Crippen molar-refractivity contribution in [2.24, 2.45) is 0 Å². The molecule has 0 atom stereocenters. The Morgan fingerprint density at radius 2 is 1.74 bits per heavy atom. The molecule has 2 rings (SSSR count).